The average Bonchev–Trinajstić information content (AvgIpc) is 2.96. The summed E-state index contributed by atoms with van der Waals surface area (Å²) in [6.07, 6.45) is -4.03. The Labute approximate surface area is 155 Å². The quantitative estimate of drug-likeness (QED) is 0.754. The molecule has 9 heteroatoms. The largest absolute Gasteiger partial charge is 0.573 e. The highest BCUT2D eigenvalue weighted by atomic mass is 19.4. The molecule has 6 nitrogen and oxygen atoms in total. The summed E-state index contributed by atoms with van der Waals surface area (Å²) in [5, 5.41) is 7.55. The van der Waals surface area contributed by atoms with Crippen molar-refractivity contribution in [2.24, 2.45) is 0 Å². The van der Waals surface area contributed by atoms with E-state index < -0.39 is 6.36 Å². The zero-order valence-corrected chi connectivity index (χ0v) is 15.2. The number of ether oxygens (including phenoxy) is 2. The van der Waals surface area contributed by atoms with Crippen LogP contribution in [0.1, 0.15) is 17.0 Å². The number of aromatic nitrogens is 1. The summed E-state index contributed by atoms with van der Waals surface area (Å²) >= 11 is 0. The molecule has 148 valence electrons. The van der Waals surface area contributed by atoms with Gasteiger partial charge in [-0.3, -0.25) is 0 Å². The first kappa shape index (κ1) is 19.7. The van der Waals surface area contributed by atoms with E-state index in [-0.39, 0.29) is 11.3 Å². The van der Waals surface area contributed by atoms with Gasteiger partial charge in [0.1, 0.15) is 5.75 Å². The molecule has 3 rings (SSSR count). The van der Waals surface area contributed by atoms with E-state index in [1.165, 1.54) is 12.1 Å². The van der Waals surface area contributed by atoms with Crippen molar-refractivity contribution < 1.29 is 27.2 Å². The lowest BCUT2D eigenvalue weighted by Gasteiger charge is -2.42. The fourth-order valence-corrected chi connectivity index (χ4v) is 2.89. The molecule has 0 atom stereocenters. The molecule has 1 aromatic heterocycles. The Balaban J connectivity index is 1.56. The molecular weight excluding hydrogens is 363 g/mol. The van der Waals surface area contributed by atoms with Crippen LogP contribution in [-0.2, 0) is 24.2 Å². The second-order valence-electron chi connectivity index (χ2n) is 7.02. The van der Waals surface area contributed by atoms with Crippen molar-refractivity contribution in [2.45, 2.75) is 31.4 Å². The Kier molecular flexibility index (Phi) is 5.73. The van der Waals surface area contributed by atoms with Crippen molar-refractivity contribution >= 4 is 0 Å². The van der Waals surface area contributed by atoms with Crippen molar-refractivity contribution in [1.29, 1.82) is 0 Å². The molecule has 1 aliphatic heterocycles. The first-order chi connectivity index (χ1) is 12.7. The zero-order valence-electron chi connectivity index (χ0n) is 15.2. The van der Waals surface area contributed by atoms with Crippen molar-refractivity contribution in [3.8, 4) is 5.75 Å². The molecule has 0 bridgehead atoms. The molecule has 1 fully saturated rings. The third-order valence-corrected chi connectivity index (χ3v) is 4.18. The van der Waals surface area contributed by atoms with Crippen LogP contribution in [0.3, 0.4) is 0 Å². The van der Waals surface area contributed by atoms with Crippen molar-refractivity contribution in [3.63, 3.8) is 0 Å². The van der Waals surface area contributed by atoms with Gasteiger partial charge in [0.15, 0.2) is 5.76 Å². The monoisotopic (exact) mass is 385 g/mol. The highest BCUT2D eigenvalue weighted by Crippen LogP contribution is 2.25. The predicted molar refractivity (Wildman–Crippen MR) is 91.1 cm³/mol. The summed E-state index contributed by atoms with van der Waals surface area (Å²) in [6.45, 7) is 2.25. The number of nitrogens with one attached hydrogen (secondary N) is 1. The highest BCUT2D eigenvalue weighted by Gasteiger charge is 2.39. The molecule has 2 heterocycles. The Morgan fingerprint density at radius 2 is 1.93 bits per heavy atom. The van der Waals surface area contributed by atoms with Gasteiger partial charge < -0.3 is 24.2 Å². The van der Waals surface area contributed by atoms with E-state index in [4.69, 9.17) is 9.26 Å². The fraction of sp³-hybridized carbons (Fsp3) is 0.500. The summed E-state index contributed by atoms with van der Waals surface area (Å²) in [5.41, 5.74) is 1.44. The Morgan fingerprint density at radius 1 is 1.22 bits per heavy atom. The number of benzene rings is 1. The van der Waals surface area contributed by atoms with Crippen molar-refractivity contribution in [3.05, 3.63) is 47.3 Å². The fourth-order valence-electron chi connectivity index (χ4n) is 2.89. The predicted octanol–water partition coefficient (Wildman–Crippen LogP) is 2.74. The summed E-state index contributed by atoms with van der Waals surface area (Å²) in [4.78, 5) is 2.00. The highest BCUT2D eigenvalue weighted by molar-refractivity contribution is 5.27. The van der Waals surface area contributed by atoms with Gasteiger partial charge in [0.25, 0.3) is 0 Å². The van der Waals surface area contributed by atoms with Gasteiger partial charge in [0.05, 0.1) is 31.0 Å². The summed E-state index contributed by atoms with van der Waals surface area (Å²) < 4.78 is 51.2. The minimum Gasteiger partial charge on any atom is -0.406 e. The van der Waals surface area contributed by atoms with Gasteiger partial charge in [-0.25, -0.2) is 0 Å². The molecule has 0 spiro atoms. The standard InChI is InChI=1S/C18H22F3N3O3/c1-24(2)10-16-7-14(23-27-16)8-17(11-25-12-17)22-9-13-3-5-15(6-4-13)26-18(19,20)21/h3-7,22H,8-12H2,1-2H3. The first-order valence-electron chi connectivity index (χ1n) is 8.50. The summed E-state index contributed by atoms with van der Waals surface area (Å²) in [6, 6.07) is 7.75. The van der Waals surface area contributed by atoms with E-state index in [0.29, 0.717) is 32.7 Å². The summed E-state index contributed by atoms with van der Waals surface area (Å²) in [7, 11) is 3.91. The Morgan fingerprint density at radius 3 is 2.48 bits per heavy atom. The molecule has 2 aromatic rings. The third-order valence-electron chi connectivity index (χ3n) is 4.18. The van der Waals surface area contributed by atoms with Gasteiger partial charge in [-0.2, -0.15) is 0 Å². The van der Waals surface area contributed by atoms with Crippen molar-refractivity contribution in [2.75, 3.05) is 27.3 Å². The van der Waals surface area contributed by atoms with Crippen LogP contribution in [0.2, 0.25) is 0 Å². The van der Waals surface area contributed by atoms with E-state index in [1.54, 1.807) is 12.1 Å². The number of alkyl halides is 3. The normalized spacial score (nSPS) is 16.4. The minimum atomic E-state index is -4.68. The minimum absolute atomic E-state index is 0.232. The zero-order chi connectivity index (χ0) is 19.5. The maximum absolute atomic E-state index is 12.2. The van der Waals surface area contributed by atoms with Crippen LogP contribution in [-0.4, -0.2) is 49.3 Å². The maximum atomic E-state index is 12.2. The molecule has 0 radical (unpaired) electrons. The molecule has 0 unspecified atom stereocenters. The van der Waals surface area contributed by atoms with Crippen LogP contribution in [0.4, 0.5) is 13.2 Å². The first-order valence-corrected chi connectivity index (χ1v) is 8.50. The molecule has 1 saturated heterocycles. The lowest BCUT2D eigenvalue weighted by atomic mass is 9.91. The molecule has 1 N–H and O–H groups in total. The van der Waals surface area contributed by atoms with Gasteiger partial charge in [0, 0.05) is 19.0 Å². The van der Waals surface area contributed by atoms with E-state index >= 15 is 0 Å². The van der Waals surface area contributed by atoms with Crippen LogP contribution in [0, 0.1) is 0 Å². The van der Waals surface area contributed by atoms with Gasteiger partial charge in [-0.1, -0.05) is 17.3 Å². The molecule has 0 saturated carbocycles. The van der Waals surface area contributed by atoms with Gasteiger partial charge in [-0.05, 0) is 31.8 Å². The topological polar surface area (TPSA) is 59.8 Å². The molecule has 27 heavy (non-hydrogen) atoms. The lowest BCUT2D eigenvalue weighted by molar-refractivity contribution is -0.274. The molecule has 0 aliphatic carbocycles. The second kappa shape index (κ2) is 7.87. The Bertz CT molecular complexity index is 740. The molecule has 0 amide bonds. The lowest BCUT2D eigenvalue weighted by Crippen LogP contribution is -2.61. The van der Waals surface area contributed by atoms with Gasteiger partial charge >= 0.3 is 6.36 Å². The maximum Gasteiger partial charge on any atom is 0.573 e. The van der Waals surface area contributed by atoms with E-state index in [2.05, 4.69) is 15.2 Å². The van der Waals surface area contributed by atoms with E-state index in [0.717, 1.165) is 17.0 Å². The summed E-state index contributed by atoms with van der Waals surface area (Å²) in [5.74, 6) is 0.564. The van der Waals surface area contributed by atoms with E-state index in [1.807, 2.05) is 25.1 Å². The molecular formula is C18H22F3N3O3. The van der Waals surface area contributed by atoms with Gasteiger partial charge in [0.2, 0.25) is 0 Å². The number of halogens is 3. The van der Waals surface area contributed by atoms with E-state index in [9.17, 15) is 13.2 Å². The number of nitrogens with zero attached hydrogens (tertiary/aromatic N) is 2. The smallest absolute Gasteiger partial charge is 0.406 e. The number of hydrogen-bond donors (Lipinski definition) is 1. The van der Waals surface area contributed by atoms with Crippen LogP contribution in [0.25, 0.3) is 0 Å². The Hall–Kier alpha value is -2.10. The average molecular weight is 385 g/mol. The number of hydrogen-bond acceptors (Lipinski definition) is 6. The second-order valence-corrected chi connectivity index (χ2v) is 7.02. The van der Waals surface area contributed by atoms with Crippen LogP contribution >= 0.6 is 0 Å². The van der Waals surface area contributed by atoms with Crippen LogP contribution < -0.4 is 10.1 Å². The third kappa shape index (κ3) is 5.69. The van der Waals surface area contributed by atoms with Gasteiger partial charge in [-0.15, -0.1) is 13.2 Å². The van der Waals surface area contributed by atoms with Crippen LogP contribution in [0.5, 0.6) is 5.75 Å². The number of rotatable bonds is 8. The van der Waals surface area contributed by atoms with Crippen LogP contribution in [0.15, 0.2) is 34.9 Å². The molecule has 1 aliphatic rings. The SMILES string of the molecule is CN(C)Cc1cc(CC2(NCc3ccc(OC(F)(F)F)cc3)COC2)no1. The molecule has 1 aromatic carbocycles. The van der Waals surface area contributed by atoms with Crippen molar-refractivity contribution in [1.82, 2.24) is 15.4 Å².